The van der Waals surface area contributed by atoms with Crippen LogP contribution in [0.25, 0.3) is 6.08 Å². The molecule has 0 fully saturated rings. The van der Waals surface area contributed by atoms with Crippen LogP contribution in [0.2, 0.25) is 0 Å². The van der Waals surface area contributed by atoms with Crippen LogP contribution in [-0.4, -0.2) is 64.1 Å². The van der Waals surface area contributed by atoms with Crippen LogP contribution in [0.1, 0.15) is 54.0 Å². The molecule has 0 aliphatic carbocycles. The van der Waals surface area contributed by atoms with Crippen molar-refractivity contribution in [2.24, 2.45) is 11.3 Å². The highest BCUT2D eigenvalue weighted by atomic mass is 16.6. The molecule has 0 aromatic heterocycles. The Morgan fingerprint density at radius 1 is 1.00 bits per heavy atom. The molecule has 0 radical (unpaired) electrons. The fourth-order valence-electron chi connectivity index (χ4n) is 1.99. The summed E-state index contributed by atoms with van der Waals surface area (Å²) in [6.45, 7) is 15.2. The van der Waals surface area contributed by atoms with Crippen LogP contribution in [0, 0.1) is 11.3 Å². The van der Waals surface area contributed by atoms with Crippen LogP contribution in [0.3, 0.4) is 0 Å². The van der Waals surface area contributed by atoms with E-state index in [2.05, 4.69) is 25.5 Å². The van der Waals surface area contributed by atoms with Gasteiger partial charge in [-0.2, -0.15) is 0 Å². The van der Waals surface area contributed by atoms with Crippen LogP contribution in [0.5, 0.6) is 5.75 Å². The average Bonchev–Trinajstić information content (AvgIpc) is 2.75. The lowest BCUT2D eigenvalue weighted by atomic mass is 9.85. The molecule has 0 unspecified atom stereocenters. The predicted molar refractivity (Wildman–Crippen MR) is 132 cm³/mol. The number of ether oxygens (including phenoxy) is 4. The maximum Gasteiger partial charge on any atom is 0.341 e. The zero-order valence-corrected chi connectivity index (χ0v) is 21.9. The standard InChI is InChI=1S/C19H26O5.C4H10.C3H8O2/c1-6-23-11-12-24-18(21)16(17(20)19(2,3)4)13-14-7-9-15(22-5)10-8-14;1-4(2)3;1-5-3-2-4/h7-10,13H,6,11-12H2,1-5H3;4H,1-3H3;4H,2-3H2,1H3/b16-13-;;. The molecular weight excluding hydrogens is 424 g/mol. The summed E-state index contributed by atoms with van der Waals surface area (Å²) in [6.07, 6.45) is 1.55. The third-order valence-corrected chi connectivity index (χ3v) is 3.53. The number of methoxy groups -OCH3 is 2. The lowest BCUT2D eigenvalue weighted by molar-refractivity contribution is -0.142. The number of benzene rings is 1. The maximum atomic E-state index is 12.6. The van der Waals surface area contributed by atoms with E-state index in [1.807, 2.05) is 6.92 Å². The molecular formula is C26H44O7. The highest BCUT2D eigenvalue weighted by molar-refractivity contribution is 6.22. The van der Waals surface area contributed by atoms with E-state index in [1.165, 1.54) is 0 Å². The van der Waals surface area contributed by atoms with Crippen molar-refractivity contribution in [1.29, 1.82) is 0 Å². The van der Waals surface area contributed by atoms with E-state index in [1.54, 1.807) is 65.3 Å². The van der Waals surface area contributed by atoms with Gasteiger partial charge in [0.05, 0.1) is 26.9 Å². The first-order chi connectivity index (χ1) is 15.4. The molecule has 1 aromatic rings. The SMILES string of the molecule is CC(C)C.CCOCCOC(=O)/C(=C\c1ccc(OC)cc1)C(=O)C(C)(C)C.COCCO. The fraction of sp³-hybridized carbons (Fsp3) is 0.615. The van der Waals surface area contributed by atoms with Gasteiger partial charge < -0.3 is 24.1 Å². The topological polar surface area (TPSA) is 91.3 Å². The normalized spacial score (nSPS) is 11.1. The minimum Gasteiger partial charge on any atom is -0.497 e. The predicted octanol–water partition coefficient (Wildman–Crippen LogP) is 4.56. The molecule has 1 N–H and O–H groups in total. The molecule has 1 aromatic carbocycles. The van der Waals surface area contributed by atoms with E-state index in [9.17, 15) is 9.59 Å². The van der Waals surface area contributed by atoms with Crippen molar-refractivity contribution < 1.29 is 33.6 Å². The molecule has 0 spiro atoms. The number of aliphatic hydroxyl groups excluding tert-OH is 1. The summed E-state index contributed by atoms with van der Waals surface area (Å²) in [4.78, 5) is 24.9. The molecule has 7 heteroatoms. The second-order valence-electron chi connectivity index (χ2n) is 8.69. The number of aliphatic hydroxyl groups is 1. The second kappa shape index (κ2) is 19.3. The highest BCUT2D eigenvalue weighted by Gasteiger charge is 2.30. The van der Waals surface area contributed by atoms with Gasteiger partial charge in [0.1, 0.15) is 17.9 Å². The van der Waals surface area contributed by atoms with Crippen molar-refractivity contribution in [3.05, 3.63) is 35.4 Å². The van der Waals surface area contributed by atoms with Gasteiger partial charge in [0.15, 0.2) is 5.78 Å². The number of rotatable bonds is 10. The van der Waals surface area contributed by atoms with E-state index < -0.39 is 11.4 Å². The second-order valence-corrected chi connectivity index (χ2v) is 8.69. The third kappa shape index (κ3) is 18.0. The van der Waals surface area contributed by atoms with Gasteiger partial charge in [0.25, 0.3) is 0 Å². The smallest absolute Gasteiger partial charge is 0.341 e. The first kappa shape index (κ1) is 33.0. The Balaban J connectivity index is 0. The Morgan fingerprint density at radius 3 is 1.91 bits per heavy atom. The molecule has 0 saturated heterocycles. The van der Waals surface area contributed by atoms with Crippen molar-refractivity contribution >= 4 is 17.8 Å². The lowest BCUT2D eigenvalue weighted by Crippen LogP contribution is -2.27. The molecule has 0 saturated carbocycles. The van der Waals surface area contributed by atoms with Crippen LogP contribution in [-0.2, 0) is 23.8 Å². The summed E-state index contributed by atoms with van der Waals surface area (Å²) in [7, 11) is 3.13. The number of ketones is 1. The molecule has 7 nitrogen and oxygen atoms in total. The van der Waals surface area contributed by atoms with E-state index in [0.717, 1.165) is 11.5 Å². The van der Waals surface area contributed by atoms with Crippen molar-refractivity contribution in [3.8, 4) is 5.75 Å². The van der Waals surface area contributed by atoms with Crippen molar-refractivity contribution in [1.82, 2.24) is 0 Å². The number of esters is 1. The third-order valence-electron chi connectivity index (χ3n) is 3.53. The Bertz CT molecular complexity index is 666. The number of carbonyl (C=O) groups excluding carboxylic acids is 2. The molecule has 190 valence electrons. The van der Waals surface area contributed by atoms with Gasteiger partial charge in [-0.1, -0.05) is 53.7 Å². The number of Topliss-reactive ketones (excluding diaryl/α,β-unsaturated/α-hetero) is 1. The summed E-state index contributed by atoms with van der Waals surface area (Å²) in [5, 5.41) is 7.94. The van der Waals surface area contributed by atoms with E-state index in [0.29, 0.717) is 25.6 Å². The molecule has 33 heavy (non-hydrogen) atoms. The molecule has 0 aliphatic rings. The summed E-state index contributed by atoms with van der Waals surface area (Å²) in [6, 6.07) is 7.10. The summed E-state index contributed by atoms with van der Waals surface area (Å²) < 4.78 is 19.8. The van der Waals surface area contributed by atoms with Crippen LogP contribution < -0.4 is 4.74 Å². The number of hydrogen-bond acceptors (Lipinski definition) is 7. The maximum absolute atomic E-state index is 12.6. The monoisotopic (exact) mass is 468 g/mol. The van der Waals surface area contributed by atoms with Gasteiger partial charge in [-0.05, 0) is 36.6 Å². The van der Waals surface area contributed by atoms with Crippen molar-refractivity contribution in [2.45, 2.75) is 48.5 Å². The van der Waals surface area contributed by atoms with E-state index in [-0.39, 0.29) is 24.6 Å². The Hall–Kier alpha value is -2.22. The quantitative estimate of drug-likeness (QED) is 0.177. The molecule has 0 bridgehead atoms. The Labute approximate surface area is 200 Å². The van der Waals surface area contributed by atoms with E-state index in [4.69, 9.17) is 19.3 Å². The highest BCUT2D eigenvalue weighted by Crippen LogP contribution is 2.23. The van der Waals surface area contributed by atoms with Gasteiger partial charge in [0.2, 0.25) is 0 Å². The number of hydrogen-bond donors (Lipinski definition) is 1. The number of carbonyl (C=O) groups is 2. The summed E-state index contributed by atoms with van der Waals surface area (Å²) >= 11 is 0. The fourth-order valence-corrected chi connectivity index (χ4v) is 1.99. The zero-order chi connectivity index (χ0) is 25.9. The summed E-state index contributed by atoms with van der Waals surface area (Å²) in [5.41, 5.74) is 0.0753. The lowest BCUT2D eigenvalue weighted by Gasteiger charge is -2.18. The first-order valence-corrected chi connectivity index (χ1v) is 11.2. The van der Waals surface area contributed by atoms with Gasteiger partial charge in [0, 0.05) is 19.1 Å². The molecule has 0 heterocycles. The van der Waals surface area contributed by atoms with Gasteiger partial charge in [-0.3, -0.25) is 4.79 Å². The molecule has 1 rings (SSSR count). The van der Waals surface area contributed by atoms with Crippen molar-refractivity contribution in [2.75, 3.05) is 47.3 Å². The Kier molecular flexibility index (Phi) is 19.2. The molecule has 0 amide bonds. The van der Waals surface area contributed by atoms with Crippen LogP contribution in [0.4, 0.5) is 0 Å². The van der Waals surface area contributed by atoms with Gasteiger partial charge in [-0.15, -0.1) is 0 Å². The minimum atomic E-state index is -0.683. The summed E-state index contributed by atoms with van der Waals surface area (Å²) in [5.74, 6) is 0.639. The van der Waals surface area contributed by atoms with E-state index >= 15 is 0 Å². The molecule has 0 atom stereocenters. The average molecular weight is 469 g/mol. The first-order valence-electron chi connectivity index (χ1n) is 11.2. The van der Waals surface area contributed by atoms with Gasteiger partial charge in [-0.25, -0.2) is 4.79 Å². The zero-order valence-electron chi connectivity index (χ0n) is 21.9. The Morgan fingerprint density at radius 2 is 1.55 bits per heavy atom. The largest absolute Gasteiger partial charge is 0.497 e. The van der Waals surface area contributed by atoms with Gasteiger partial charge >= 0.3 is 5.97 Å². The van der Waals surface area contributed by atoms with Crippen LogP contribution in [0.15, 0.2) is 29.8 Å². The molecule has 0 aliphatic heterocycles. The van der Waals surface area contributed by atoms with Crippen molar-refractivity contribution in [3.63, 3.8) is 0 Å². The minimum absolute atomic E-state index is 0.0316. The van der Waals surface area contributed by atoms with Crippen LogP contribution >= 0.6 is 0 Å².